The maximum Gasteiger partial charge on any atom is 0.303 e. The van der Waals surface area contributed by atoms with Crippen molar-refractivity contribution in [1.29, 1.82) is 0 Å². The predicted octanol–water partition coefficient (Wildman–Crippen LogP) is 2.63. The number of nitro benzene ring substituents is 1. The van der Waals surface area contributed by atoms with Gasteiger partial charge in [-0.2, -0.15) is 0 Å². The van der Waals surface area contributed by atoms with E-state index in [0.717, 1.165) is 4.88 Å². The first-order valence-corrected chi connectivity index (χ1v) is 7.42. The Balaban J connectivity index is 2.11. The molecule has 0 radical (unpaired) electrons. The number of amides is 1. The van der Waals surface area contributed by atoms with E-state index in [1.54, 1.807) is 6.92 Å². The van der Waals surface area contributed by atoms with Gasteiger partial charge in [0.1, 0.15) is 0 Å². The molecule has 2 aromatic rings. The second kappa shape index (κ2) is 6.97. The van der Waals surface area contributed by atoms with Crippen LogP contribution in [0.1, 0.15) is 27.3 Å². The topological polar surface area (TPSA) is 122 Å². The van der Waals surface area contributed by atoms with Crippen molar-refractivity contribution in [1.82, 2.24) is 4.98 Å². The molecule has 1 heterocycles. The number of hydrogen-bond donors (Lipinski definition) is 2. The Hall–Kier alpha value is -2.81. The number of thiazole rings is 1. The molecule has 0 aliphatic heterocycles. The highest BCUT2D eigenvalue weighted by atomic mass is 32.1. The van der Waals surface area contributed by atoms with Crippen molar-refractivity contribution in [2.75, 3.05) is 5.32 Å². The number of aromatic nitrogens is 1. The lowest BCUT2D eigenvalue weighted by Gasteiger charge is -2.01. The quantitative estimate of drug-likeness (QED) is 0.618. The summed E-state index contributed by atoms with van der Waals surface area (Å²) >= 11 is 1.19. The third kappa shape index (κ3) is 4.33. The van der Waals surface area contributed by atoms with Crippen molar-refractivity contribution in [3.63, 3.8) is 0 Å². The van der Waals surface area contributed by atoms with E-state index < -0.39 is 16.8 Å². The maximum atomic E-state index is 12.1. The van der Waals surface area contributed by atoms with Crippen molar-refractivity contribution >= 4 is 34.0 Å². The molecule has 0 aliphatic rings. The highest BCUT2D eigenvalue weighted by molar-refractivity contribution is 7.15. The van der Waals surface area contributed by atoms with Crippen LogP contribution in [-0.2, 0) is 11.2 Å². The number of carboxylic acid groups (broad SMARTS) is 1. The van der Waals surface area contributed by atoms with Crippen molar-refractivity contribution < 1.29 is 19.6 Å². The third-order valence-electron chi connectivity index (χ3n) is 3.00. The number of carbonyl (C=O) groups excluding carboxylic acids is 1. The molecule has 2 N–H and O–H groups in total. The molecule has 8 nitrogen and oxygen atoms in total. The van der Waals surface area contributed by atoms with Crippen LogP contribution in [-0.4, -0.2) is 26.9 Å². The number of rotatable bonds is 6. The molecule has 1 aromatic heterocycles. The van der Waals surface area contributed by atoms with Crippen LogP contribution in [0.15, 0.2) is 24.3 Å². The van der Waals surface area contributed by atoms with Crippen molar-refractivity contribution in [2.24, 2.45) is 0 Å². The van der Waals surface area contributed by atoms with Gasteiger partial charge in [-0.1, -0.05) is 6.07 Å². The highest BCUT2D eigenvalue weighted by Gasteiger charge is 2.15. The lowest BCUT2D eigenvalue weighted by molar-refractivity contribution is -0.384. The van der Waals surface area contributed by atoms with Crippen LogP contribution in [0, 0.1) is 17.0 Å². The minimum absolute atomic E-state index is 0.0126. The molecule has 0 saturated carbocycles. The van der Waals surface area contributed by atoms with Gasteiger partial charge >= 0.3 is 5.97 Å². The molecular formula is C14H13N3O5S. The summed E-state index contributed by atoms with van der Waals surface area (Å²) in [4.78, 5) is 37.8. The van der Waals surface area contributed by atoms with Gasteiger partial charge < -0.3 is 5.11 Å². The van der Waals surface area contributed by atoms with Crippen LogP contribution in [0.4, 0.5) is 10.8 Å². The van der Waals surface area contributed by atoms with Gasteiger partial charge in [0.2, 0.25) is 0 Å². The minimum Gasteiger partial charge on any atom is -0.481 e. The number of anilines is 1. The first kappa shape index (κ1) is 16.6. The Bertz CT molecular complexity index is 772. The first-order valence-electron chi connectivity index (χ1n) is 6.60. The number of nitrogens with one attached hydrogen (secondary N) is 1. The summed E-state index contributed by atoms with van der Waals surface area (Å²) in [5, 5.41) is 22.3. The molecule has 9 heteroatoms. The molecule has 0 aliphatic carbocycles. The van der Waals surface area contributed by atoms with E-state index in [1.807, 2.05) is 0 Å². The Morgan fingerprint density at radius 1 is 1.43 bits per heavy atom. The number of carbonyl (C=O) groups is 2. The SMILES string of the molecule is Cc1nc(NC(=O)c2cccc([N+](=O)[O-])c2)sc1CCC(=O)O. The number of non-ortho nitro benzene ring substituents is 1. The fourth-order valence-electron chi connectivity index (χ4n) is 1.86. The highest BCUT2D eigenvalue weighted by Crippen LogP contribution is 2.24. The molecule has 1 aromatic carbocycles. The smallest absolute Gasteiger partial charge is 0.303 e. The Morgan fingerprint density at radius 3 is 2.83 bits per heavy atom. The van der Waals surface area contributed by atoms with Crippen LogP contribution in [0.2, 0.25) is 0 Å². The zero-order valence-electron chi connectivity index (χ0n) is 12.1. The summed E-state index contributed by atoms with van der Waals surface area (Å²) in [6.07, 6.45) is 0.326. The van der Waals surface area contributed by atoms with Crippen molar-refractivity contribution in [2.45, 2.75) is 19.8 Å². The fraction of sp³-hybridized carbons (Fsp3) is 0.214. The number of nitrogens with zero attached hydrogens (tertiary/aromatic N) is 2. The van der Waals surface area contributed by atoms with Crippen molar-refractivity contribution in [3.8, 4) is 0 Å². The van der Waals surface area contributed by atoms with E-state index in [2.05, 4.69) is 10.3 Å². The van der Waals surface area contributed by atoms with E-state index >= 15 is 0 Å². The van der Waals surface area contributed by atoms with Crippen LogP contribution >= 0.6 is 11.3 Å². The average Bonchev–Trinajstić information content (AvgIpc) is 2.85. The number of aliphatic carboxylic acids is 1. The molecule has 23 heavy (non-hydrogen) atoms. The lowest BCUT2D eigenvalue weighted by atomic mass is 10.2. The Morgan fingerprint density at radius 2 is 2.17 bits per heavy atom. The maximum absolute atomic E-state index is 12.1. The summed E-state index contributed by atoms with van der Waals surface area (Å²) in [7, 11) is 0. The normalized spacial score (nSPS) is 10.3. The van der Waals surface area contributed by atoms with Gasteiger partial charge in [0.15, 0.2) is 5.13 Å². The summed E-state index contributed by atoms with van der Waals surface area (Å²) in [6, 6.07) is 5.38. The van der Waals surface area contributed by atoms with Crippen molar-refractivity contribution in [3.05, 3.63) is 50.5 Å². The largest absolute Gasteiger partial charge is 0.481 e. The van der Waals surface area contributed by atoms with E-state index in [-0.39, 0.29) is 17.7 Å². The number of aryl methyl sites for hydroxylation is 2. The van der Waals surface area contributed by atoms with Gasteiger partial charge in [0.05, 0.1) is 17.0 Å². The van der Waals surface area contributed by atoms with Gasteiger partial charge in [-0.3, -0.25) is 25.0 Å². The van der Waals surface area contributed by atoms with E-state index in [4.69, 9.17) is 5.11 Å². The zero-order valence-corrected chi connectivity index (χ0v) is 12.9. The molecule has 0 bridgehead atoms. The summed E-state index contributed by atoms with van der Waals surface area (Å²) < 4.78 is 0. The van der Waals surface area contributed by atoms with E-state index in [1.165, 1.54) is 35.6 Å². The number of nitro groups is 1. The zero-order chi connectivity index (χ0) is 17.0. The second-order valence-corrected chi connectivity index (χ2v) is 5.77. The van der Waals surface area contributed by atoms with Crippen LogP contribution in [0.25, 0.3) is 0 Å². The fourth-order valence-corrected chi connectivity index (χ4v) is 2.82. The number of carboxylic acids is 1. The van der Waals surface area contributed by atoms with E-state index in [9.17, 15) is 19.7 Å². The average molecular weight is 335 g/mol. The number of hydrogen-bond acceptors (Lipinski definition) is 6. The van der Waals surface area contributed by atoms with Gasteiger partial charge in [-0.15, -0.1) is 11.3 Å². The molecular weight excluding hydrogens is 322 g/mol. The Kier molecular flexibility index (Phi) is 5.02. The third-order valence-corrected chi connectivity index (χ3v) is 4.13. The van der Waals surface area contributed by atoms with Gasteiger partial charge in [0.25, 0.3) is 11.6 Å². The molecule has 0 fully saturated rings. The van der Waals surface area contributed by atoms with Gasteiger partial charge in [-0.25, -0.2) is 4.98 Å². The predicted molar refractivity (Wildman–Crippen MR) is 83.9 cm³/mol. The number of benzene rings is 1. The molecule has 2 rings (SSSR count). The van der Waals surface area contributed by atoms with Crippen LogP contribution in [0.3, 0.4) is 0 Å². The van der Waals surface area contributed by atoms with Crippen LogP contribution < -0.4 is 5.32 Å². The molecule has 1 amide bonds. The summed E-state index contributed by atoms with van der Waals surface area (Å²) in [5.41, 5.74) is 0.639. The van der Waals surface area contributed by atoms with E-state index in [0.29, 0.717) is 17.2 Å². The summed E-state index contributed by atoms with van der Waals surface area (Å²) in [5.74, 6) is -1.41. The molecule has 0 saturated heterocycles. The standard InChI is InChI=1S/C14H13N3O5S/c1-8-11(5-6-12(18)19)23-14(15-8)16-13(20)9-3-2-4-10(7-9)17(21)22/h2-4,7H,5-6H2,1H3,(H,18,19)(H,15,16,20). The monoisotopic (exact) mass is 335 g/mol. The van der Waals surface area contributed by atoms with Gasteiger partial charge in [-0.05, 0) is 19.4 Å². The molecule has 0 unspecified atom stereocenters. The second-order valence-electron chi connectivity index (χ2n) is 4.68. The Labute approximate surface area is 134 Å². The lowest BCUT2D eigenvalue weighted by Crippen LogP contribution is -2.11. The molecule has 0 atom stereocenters. The van der Waals surface area contributed by atoms with Gasteiger partial charge in [0, 0.05) is 22.6 Å². The minimum atomic E-state index is -0.903. The first-order chi connectivity index (χ1) is 10.9. The van der Waals surface area contributed by atoms with Crippen LogP contribution in [0.5, 0.6) is 0 Å². The summed E-state index contributed by atoms with van der Waals surface area (Å²) in [6.45, 7) is 1.73. The molecule has 120 valence electrons. The molecule has 0 spiro atoms.